The SMILES string of the molecule is CCC(O)CNc1ccccc1CCOC. The molecule has 0 heterocycles. The highest BCUT2D eigenvalue weighted by Gasteiger charge is 2.03. The van der Waals surface area contributed by atoms with Crippen molar-refractivity contribution >= 4 is 5.69 Å². The zero-order valence-corrected chi connectivity index (χ0v) is 10.1. The molecule has 0 aromatic heterocycles. The maximum Gasteiger partial charge on any atom is 0.0709 e. The van der Waals surface area contributed by atoms with E-state index >= 15 is 0 Å². The van der Waals surface area contributed by atoms with Crippen molar-refractivity contribution in [2.75, 3.05) is 25.6 Å². The van der Waals surface area contributed by atoms with E-state index in [4.69, 9.17) is 4.74 Å². The van der Waals surface area contributed by atoms with Gasteiger partial charge < -0.3 is 15.2 Å². The Morgan fingerprint density at radius 1 is 1.38 bits per heavy atom. The van der Waals surface area contributed by atoms with Gasteiger partial charge >= 0.3 is 0 Å². The molecule has 1 aromatic rings. The third-order valence-corrected chi connectivity index (χ3v) is 2.59. The smallest absolute Gasteiger partial charge is 0.0709 e. The van der Waals surface area contributed by atoms with E-state index in [0.29, 0.717) is 6.54 Å². The summed E-state index contributed by atoms with van der Waals surface area (Å²) >= 11 is 0. The van der Waals surface area contributed by atoms with Crippen LogP contribution in [-0.2, 0) is 11.2 Å². The normalized spacial score (nSPS) is 12.4. The van der Waals surface area contributed by atoms with E-state index in [1.54, 1.807) is 7.11 Å². The summed E-state index contributed by atoms with van der Waals surface area (Å²) in [7, 11) is 1.71. The molecule has 16 heavy (non-hydrogen) atoms. The van der Waals surface area contributed by atoms with Crippen molar-refractivity contribution in [1.82, 2.24) is 0 Å². The fourth-order valence-electron chi connectivity index (χ4n) is 1.49. The lowest BCUT2D eigenvalue weighted by Crippen LogP contribution is -2.19. The van der Waals surface area contributed by atoms with Crippen molar-refractivity contribution in [2.45, 2.75) is 25.9 Å². The van der Waals surface area contributed by atoms with Gasteiger partial charge in [-0.25, -0.2) is 0 Å². The molecule has 0 spiro atoms. The van der Waals surface area contributed by atoms with Crippen LogP contribution in [0.3, 0.4) is 0 Å². The number of hydrogen-bond acceptors (Lipinski definition) is 3. The van der Waals surface area contributed by atoms with Gasteiger partial charge in [-0.2, -0.15) is 0 Å². The van der Waals surface area contributed by atoms with Gasteiger partial charge in [0.2, 0.25) is 0 Å². The highest BCUT2D eigenvalue weighted by atomic mass is 16.5. The van der Waals surface area contributed by atoms with Gasteiger partial charge in [0, 0.05) is 19.3 Å². The maximum atomic E-state index is 9.50. The number of ether oxygens (including phenoxy) is 1. The van der Waals surface area contributed by atoms with Crippen LogP contribution in [0.2, 0.25) is 0 Å². The Kier molecular flexibility index (Phi) is 5.90. The minimum Gasteiger partial charge on any atom is -0.391 e. The molecule has 0 saturated carbocycles. The van der Waals surface area contributed by atoms with Crippen LogP contribution in [-0.4, -0.2) is 31.5 Å². The molecule has 1 rings (SSSR count). The minimum absolute atomic E-state index is 0.282. The highest BCUT2D eigenvalue weighted by Crippen LogP contribution is 2.15. The fraction of sp³-hybridized carbons (Fsp3) is 0.538. The first-order chi connectivity index (χ1) is 7.77. The summed E-state index contributed by atoms with van der Waals surface area (Å²) in [6, 6.07) is 8.14. The first-order valence-electron chi connectivity index (χ1n) is 5.76. The van der Waals surface area contributed by atoms with Crippen LogP contribution in [0.1, 0.15) is 18.9 Å². The quantitative estimate of drug-likeness (QED) is 0.743. The summed E-state index contributed by atoms with van der Waals surface area (Å²) in [4.78, 5) is 0. The Bertz CT molecular complexity index is 302. The monoisotopic (exact) mass is 223 g/mol. The molecule has 0 aliphatic rings. The number of hydrogen-bond donors (Lipinski definition) is 2. The number of aliphatic hydroxyl groups is 1. The lowest BCUT2D eigenvalue weighted by atomic mass is 10.1. The van der Waals surface area contributed by atoms with Crippen LogP contribution in [0, 0.1) is 0 Å². The van der Waals surface area contributed by atoms with Gasteiger partial charge in [-0.3, -0.25) is 0 Å². The van der Waals surface area contributed by atoms with Crippen molar-refractivity contribution in [3.63, 3.8) is 0 Å². The largest absolute Gasteiger partial charge is 0.391 e. The Labute approximate surface area is 97.4 Å². The van der Waals surface area contributed by atoms with Crippen molar-refractivity contribution in [2.24, 2.45) is 0 Å². The second-order valence-corrected chi connectivity index (χ2v) is 3.84. The van der Waals surface area contributed by atoms with Gasteiger partial charge in [-0.15, -0.1) is 0 Å². The zero-order valence-electron chi connectivity index (χ0n) is 10.1. The molecule has 1 atom stereocenters. The molecule has 1 unspecified atom stereocenters. The topological polar surface area (TPSA) is 41.5 Å². The van der Waals surface area contributed by atoms with Gasteiger partial charge in [-0.05, 0) is 24.5 Å². The Morgan fingerprint density at radius 3 is 2.81 bits per heavy atom. The second kappa shape index (κ2) is 7.25. The Balaban J connectivity index is 2.56. The van der Waals surface area contributed by atoms with E-state index in [1.165, 1.54) is 5.56 Å². The fourth-order valence-corrected chi connectivity index (χ4v) is 1.49. The lowest BCUT2D eigenvalue weighted by Gasteiger charge is -2.14. The molecular formula is C13H21NO2. The second-order valence-electron chi connectivity index (χ2n) is 3.84. The van der Waals surface area contributed by atoms with Crippen molar-refractivity contribution in [3.8, 4) is 0 Å². The molecule has 1 aromatic carbocycles. The molecule has 90 valence electrons. The summed E-state index contributed by atoms with van der Waals surface area (Å²) in [5, 5.41) is 12.8. The van der Waals surface area contributed by atoms with E-state index in [-0.39, 0.29) is 6.10 Å². The highest BCUT2D eigenvalue weighted by molar-refractivity contribution is 5.51. The minimum atomic E-state index is -0.282. The van der Waals surface area contributed by atoms with Crippen LogP contribution < -0.4 is 5.32 Å². The van der Waals surface area contributed by atoms with Gasteiger partial charge in [0.25, 0.3) is 0 Å². The molecule has 0 fully saturated rings. The number of benzene rings is 1. The lowest BCUT2D eigenvalue weighted by molar-refractivity contribution is 0.183. The summed E-state index contributed by atoms with van der Waals surface area (Å²) in [5.41, 5.74) is 2.32. The average molecular weight is 223 g/mol. The summed E-state index contributed by atoms with van der Waals surface area (Å²) < 4.78 is 5.07. The van der Waals surface area contributed by atoms with Gasteiger partial charge in [0.1, 0.15) is 0 Å². The van der Waals surface area contributed by atoms with Crippen LogP contribution in [0.25, 0.3) is 0 Å². The molecule has 2 N–H and O–H groups in total. The van der Waals surface area contributed by atoms with E-state index in [2.05, 4.69) is 11.4 Å². The number of anilines is 1. The molecular weight excluding hydrogens is 202 g/mol. The Morgan fingerprint density at radius 2 is 2.12 bits per heavy atom. The molecule has 3 heteroatoms. The van der Waals surface area contributed by atoms with Crippen LogP contribution in [0.5, 0.6) is 0 Å². The number of para-hydroxylation sites is 1. The molecule has 0 bridgehead atoms. The molecule has 0 amide bonds. The first-order valence-corrected chi connectivity index (χ1v) is 5.76. The Hall–Kier alpha value is -1.06. The van der Waals surface area contributed by atoms with Crippen LogP contribution in [0.4, 0.5) is 5.69 Å². The molecule has 0 aliphatic heterocycles. The van der Waals surface area contributed by atoms with E-state index in [9.17, 15) is 5.11 Å². The average Bonchev–Trinajstić information content (AvgIpc) is 2.34. The molecule has 3 nitrogen and oxygen atoms in total. The van der Waals surface area contributed by atoms with E-state index in [1.807, 2.05) is 25.1 Å². The van der Waals surface area contributed by atoms with Crippen molar-refractivity contribution in [1.29, 1.82) is 0 Å². The van der Waals surface area contributed by atoms with Crippen molar-refractivity contribution < 1.29 is 9.84 Å². The van der Waals surface area contributed by atoms with Gasteiger partial charge in [-0.1, -0.05) is 25.1 Å². The summed E-state index contributed by atoms with van der Waals surface area (Å²) in [6.45, 7) is 3.29. The molecule has 0 saturated heterocycles. The van der Waals surface area contributed by atoms with Crippen LogP contribution >= 0.6 is 0 Å². The zero-order chi connectivity index (χ0) is 11.8. The molecule has 0 aliphatic carbocycles. The summed E-state index contributed by atoms with van der Waals surface area (Å²) in [5.74, 6) is 0. The number of methoxy groups -OCH3 is 1. The van der Waals surface area contributed by atoms with Gasteiger partial charge in [0.05, 0.1) is 12.7 Å². The maximum absolute atomic E-state index is 9.50. The standard InChI is InChI=1S/C13H21NO2/c1-3-12(15)10-14-13-7-5-4-6-11(13)8-9-16-2/h4-7,12,14-15H,3,8-10H2,1-2H3. The first kappa shape index (κ1) is 13.0. The number of rotatable bonds is 7. The summed E-state index contributed by atoms with van der Waals surface area (Å²) in [6.07, 6.45) is 1.38. The van der Waals surface area contributed by atoms with Crippen molar-refractivity contribution in [3.05, 3.63) is 29.8 Å². The van der Waals surface area contributed by atoms with E-state index in [0.717, 1.165) is 25.1 Å². The predicted octanol–water partition coefficient (Wildman–Crippen LogP) is 2.06. The predicted molar refractivity (Wildman–Crippen MR) is 66.8 cm³/mol. The van der Waals surface area contributed by atoms with Gasteiger partial charge in [0.15, 0.2) is 0 Å². The van der Waals surface area contributed by atoms with Crippen LogP contribution in [0.15, 0.2) is 24.3 Å². The van der Waals surface area contributed by atoms with E-state index < -0.39 is 0 Å². The number of aliphatic hydroxyl groups excluding tert-OH is 1. The number of nitrogens with one attached hydrogen (secondary N) is 1. The molecule has 0 radical (unpaired) electrons. The third kappa shape index (κ3) is 4.21. The third-order valence-electron chi connectivity index (χ3n) is 2.59.